The Morgan fingerprint density at radius 2 is 2.44 bits per heavy atom. The molecule has 0 unspecified atom stereocenters. The van der Waals surface area contributed by atoms with Crippen LogP contribution in [0.3, 0.4) is 0 Å². The van der Waals surface area contributed by atoms with Crippen molar-refractivity contribution in [2.45, 2.75) is 23.1 Å². The molecule has 9 heteroatoms. The second-order valence-corrected chi connectivity index (χ2v) is 5.28. The van der Waals surface area contributed by atoms with E-state index in [1.807, 2.05) is 0 Å². The van der Waals surface area contributed by atoms with Gasteiger partial charge in [-0.2, -0.15) is 0 Å². The van der Waals surface area contributed by atoms with E-state index in [-0.39, 0.29) is 11.9 Å². The Morgan fingerprint density at radius 1 is 1.67 bits per heavy atom. The molecule has 1 fully saturated rings. The molecule has 1 aliphatic rings. The van der Waals surface area contributed by atoms with Crippen LogP contribution in [0.2, 0.25) is 0 Å². The lowest BCUT2D eigenvalue weighted by atomic mass is 10.2. The minimum Gasteiger partial charge on any atom is -0.395 e. The highest BCUT2D eigenvalue weighted by atomic mass is 32.2. The van der Waals surface area contributed by atoms with Crippen LogP contribution >= 0.6 is 11.8 Å². The van der Waals surface area contributed by atoms with Crippen LogP contribution in [0.4, 0.5) is 0 Å². The van der Waals surface area contributed by atoms with Crippen molar-refractivity contribution < 1.29 is 5.11 Å². The van der Waals surface area contributed by atoms with Crippen molar-refractivity contribution in [3.05, 3.63) is 43.5 Å². The van der Waals surface area contributed by atoms with E-state index in [4.69, 9.17) is 10.6 Å². The van der Waals surface area contributed by atoms with Gasteiger partial charge in [0.2, 0.25) is 0 Å². The first-order valence-electron chi connectivity index (χ1n) is 5.27. The zero-order chi connectivity index (χ0) is 13.1. The van der Waals surface area contributed by atoms with Gasteiger partial charge in [-0.15, -0.1) is 11.8 Å². The molecule has 0 spiro atoms. The molecule has 1 saturated heterocycles. The fraction of sp³-hybridized carbons (Fsp3) is 0.556. The number of rotatable bonds is 3. The lowest BCUT2D eigenvalue weighted by Gasteiger charge is -2.16. The van der Waals surface area contributed by atoms with Gasteiger partial charge in [-0.05, 0) is 12.0 Å². The summed E-state index contributed by atoms with van der Waals surface area (Å²) in [5.74, 6) is 0. The largest absolute Gasteiger partial charge is 0.395 e. The number of azide groups is 1. The average molecular weight is 269 g/mol. The predicted molar refractivity (Wildman–Crippen MR) is 66.4 cm³/mol. The zero-order valence-electron chi connectivity index (χ0n) is 9.26. The normalized spacial score (nSPS) is 26.8. The monoisotopic (exact) mass is 269 g/mol. The number of aromatic amines is 1. The second kappa shape index (κ2) is 5.30. The van der Waals surface area contributed by atoms with Crippen LogP contribution in [0.1, 0.15) is 11.8 Å². The molecule has 2 heterocycles. The van der Waals surface area contributed by atoms with E-state index in [1.165, 1.54) is 28.6 Å². The van der Waals surface area contributed by atoms with E-state index in [1.54, 1.807) is 0 Å². The molecule has 8 nitrogen and oxygen atoms in total. The van der Waals surface area contributed by atoms with Gasteiger partial charge in [-0.25, -0.2) is 4.79 Å². The van der Waals surface area contributed by atoms with E-state index in [0.717, 1.165) is 0 Å². The molecule has 1 aromatic rings. The molecule has 2 rings (SSSR count). The summed E-state index contributed by atoms with van der Waals surface area (Å²) in [5.41, 5.74) is 7.49. The topological polar surface area (TPSA) is 124 Å². The van der Waals surface area contributed by atoms with Gasteiger partial charge in [0.05, 0.1) is 18.0 Å². The van der Waals surface area contributed by atoms with Crippen LogP contribution in [0.25, 0.3) is 10.4 Å². The first-order chi connectivity index (χ1) is 8.65. The minimum atomic E-state index is -0.545. The fourth-order valence-corrected chi connectivity index (χ4v) is 3.33. The SMILES string of the molecule is [N-]=[N+]=N[C@@H]1C[C@@H](CO)S[C@H]1n1ccc(=O)[nH]c1=O. The van der Waals surface area contributed by atoms with E-state index in [0.29, 0.717) is 6.42 Å². The third-order valence-electron chi connectivity index (χ3n) is 2.69. The molecular formula is C9H11N5O3S. The Bertz CT molecular complexity index is 590. The van der Waals surface area contributed by atoms with Crippen molar-refractivity contribution in [1.29, 1.82) is 0 Å². The summed E-state index contributed by atoms with van der Waals surface area (Å²) in [6.45, 7) is -0.0449. The lowest BCUT2D eigenvalue weighted by molar-refractivity contribution is 0.289. The number of aliphatic hydroxyl groups is 1. The van der Waals surface area contributed by atoms with Crippen molar-refractivity contribution >= 4 is 11.8 Å². The second-order valence-electron chi connectivity index (χ2n) is 3.86. The number of nitrogens with zero attached hydrogens (tertiary/aromatic N) is 4. The molecule has 0 saturated carbocycles. The Balaban J connectivity index is 2.38. The van der Waals surface area contributed by atoms with Gasteiger partial charge >= 0.3 is 5.69 Å². The van der Waals surface area contributed by atoms with Crippen molar-refractivity contribution in [2.75, 3.05) is 6.61 Å². The molecule has 1 aromatic heterocycles. The third-order valence-corrected chi connectivity index (χ3v) is 4.24. The van der Waals surface area contributed by atoms with E-state index in [9.17, 15) is 9.59 Å². The first kappa shape index (κ1) is 12.7. The van der Waals surface area contributed by atoms with Crippen molar-refractivity contribution in [3.8, 4) is 0 Å². The maximum absolute atomic E-state index is 11.7. The van der Waals surface area contributed by atoms with Crippen molar-refractivity contribution in [3.63, 3.8) is 0 Å². The van der Waals surface area contributed by atoms with Crippen LogP contribution in [-0.2, 0) is 0 Å². The predicted octanol–water partition coefficient (Wildman–Crippen LogP) is 0.212. The molecule has 0 amide bonds. The zero-order valence-corrected chi connectivity index (χ0v) is 10.1. The maximum atomic E-state index is 11.7. The van der Waals surface area contributed by atoms with Crippen LogP contribution < -0.4 is 11.2 Å². The van der Waals surface area contributed by atoms with Gasteiger partial charge in [0, 0.05) is 22.4 Å². The van der Waals surface area contributed by atoms with Crippen LogP contribution in [0, 0.1) is 0 Å². The number of aromatic nitrogens is 2. The molecule has 0 bridgehead atoms. The average Bonchev–Trinajstić information content (AvgIpc) is 2.73. The fourth-order valence-electron chi connectivity index (χ4n) is 1.90. The summed E-state index contributed by atoms with van der Waals surface area (Å²) < 4.78 is 1.32. The van der Waals surface area contributed by atoms with Crippen LogP contribution in [0.5, 0.6) is 0 Å². The Labute approximate surface area is 105 Å². The number of nitrogens with one attached hydrogen (secondary N) is 1. The number of aliphatic hydroxyl groups excluding tert-OH is 1. The highest BCUT2D eigenvalue weighted by molar-refractivity contribution is 8.00. The van der Waals surface area contributed by atoms with Crippen LogP contribution in [0.15, 0.2) is 27.0 Å². The Hall–Kier alpha value is -1.70. The molecular weight excluding hydrogens is 258 g/mol. The van der Waals surface area contributed by atoms with E-state index >= 15 is 0 Å². The standard InChI is InChI=1S/C9H11N5O3S/c10-13-12-6-3-5(4-15)18-8(6)14-2-1-7(16)11-9(14)17/h1-2,5-6,8,15H,3-4H2,(H,11,16,17)/t5-,6+,8+/m0/s1. The number of hydrogen-bond acceptors (Lipinski definition) is 5. The highest BCUT2D eigenvalue weighted by Crippen LogP contribution is 2.42. The molecule has 3 atom stereocenters. The van der Waals surface area contributed by atoms with Gasteiger partial charge in [0.1, 0.15) is 0 Å². The summed E-state index contributed by atoms with van der Waals surface area (Å²) in [4.78, 5) is 27.6. The van der Waals surface area contributed by atoms with Crippen molar-refractivity contribution in [1.82, 2.24) is 9.55 Å². The summed E-state index contributed by atoms with van der Waals surface area (Å²) in [6.07, 6.45) is 1.87. The van der Waals surface area contributed by atoms with E-state index in [2.05, 4.69) is 15.0 Å². The first-order valence-corrected chi connectivity index (χ1v) is 6.22. The number of H-pyrrole nitrogens is 1. The van der Waals surface area contributed by atoms with Gasteiger partial charge < -0.3 is 5.11 Å². The molecule has 2 N–H and O–H groups in total. The van der Waals surface area contributed by atoms with Gasteiger partial charge in [0.25, 0.3) is 5.56 Å². The van der Waals surface area contributed by atoms with Gasteiger partial charge in [0.15, 0.2) is 0 Å². The highest BCUT2D eigenvalue weighted by Gasteiger charge is 2.35. The molecule has 18 heavy (non-hydrogen) atoms. The minimum absolute atomic E-state index is 0.0449. The molecule has 0 radical (unpaired) electrons. The van der Waals surface area contributed by atoms with E-state index < -0.39 is 22.7 Å². The Kier molecular flexibility index (Phi) is 3.75. The summed E-state index contributed by atoms with van der Waals surface area (Å²) in [5, 5.41) is 12.3. The van der Waals surface area contributed by atoms with Crippen LogP contribution in [-0.4, -0.2) is 32.6 Å². The summed E-state index contributed by atoms with van der Waals surface area (Å²) in [6, 6.07) is 0.822. The quantitative estimate of drug-likeness (QED) is 0.462. The lowest BCUT2D eigenvalue weighted by Crippen LogP contribution is -2.32. The van der Waals surface area contributed by atoms with Gasteiger partial charge in [-0.3, -0.25) is 14.3 Å². The summed E-state index contributed by atoms with van der Waals surface area (Å²) >= 11 is 1.36. The molecule has 96 valence electrons. The Morgan fingerprint density at radius 3 is 3.06 bits per heavy atom. The molecule has 1 aliphatic heterocycles. The molecule has 0 aliphatic carbocycles. The smallest absolute Gasteiger partial charge is 0.329 e. The number of thioether (sulfide) groups is 1. The summed E-state index contributed by atoms with van der Waals surface area (Å²) in [7, 11) is 0. The maximum Gasteiger partial charge on any atom is 0.329 e. The third kappa shape index (κ3) is 2.42. The number of hydrogen-bond donors (Lipinski definition) is 2. The van der Waals surface area contributed by atoms with Gasteiger partial charge in [-0.1, -0.05) is 5.11 Å². The van der Waals surface area contributed by atoms with Crippen molar-refractivity contribution in [2.24, 2.45) is 5.11 Å². The molecule has 0 aromatic carbocycles.